The molecule has 2 bridgehead atoms. The van der Waals surface area contributed by atoms with Gasteiger partial charge in [0.1, 0.15) is 5.75 Å². The van der Waals surface area contributed by atoms with Crippen LogP contribution in [0.4, 0.5) is 5.69 Å². The first-order valence-electron chi connectivity index (χ1n) is 9.63. The smallest absolute Gasteiger partial charge is 0.248 e. The fourth-order valence-corrected chi connectivity index (χ4v) is 4.74. The second kappa shape index (κ2) is 6.76. The molecule has 4 nitrogen and oxygen atoms in total. The third-order valence-corrected chi connectivity index (χ3v) is 5.64. The minimum absolute atomic E-state index is 0.0346. The maximum Gasteiger partial charge on any atom is 0.248 e. The van der Waals surface area contributed by atoms with Crippen molar-refractivity contribution in [1.29, 1.82) is 0 Å². The van der Waals surface area contributed by atoms with Gasteiger partial charge in [-0.1, -0.05) is 17.7 Å². The largest absolute Gasteiger partial charge is 0.494 e. The number of nitrogens with one attached hydrogen (secondary N) is 2. The first kappa shape index (κ1) is 17.7. The Morgan fingerprint density at radius 1 is 1.26 bits per heavy atom. The predicted molar refractivity (Wildman–Crippen MR) is 109 cm³/mol. The topological polar surface area (TPSA) is 54.1 Å². The van der Waals surface area contributed by atoms with Crippen molar-refractivity contribution in [3.63, 3.8) is 0 Å². The highest BCUT2D eigenvalue weighted by Gasteiger charge is 2.46. The molecule has 2 atom stereocenters. The summed E-state index contributed by atoms with van der Waals surface area (Å²) in [4.78, 5) is 15.0. The lowest BCUT2D eigenvalue weighted by Gasteiger charge is -2.48. The van der Waals surface area contributed by atoms with Crippen molar-refractivity contribution < 1.29 is 4.74 Å². The summed E-state index contributed by atoms with van der Waals surface area (Å²) < 4.78 is 5.57. The molecule has 2 aromatic rings. The van der Waals surface area contributed by atoms with Crippen LogP contribution in [0.5, 0.6) is 5.75 Å². The number of aromatic amines is 1. The molecule has 1 aromatic carbocycles. The zero-order valence-corrected chi connectivity index (χ0v) is 16.1. The molecule has 1 aromatic heterocycles. The molecule has 0 fully saturated rings. The summed E-state index contributed by atoms with van der Waals surface area (Å²) in [7, 11) is 0. The first-order chi connectivity index (χ1) is 13.1. The van der Waals surface area contributed by atoms with Gasteiger partial charge in [0, 0.05) is 28.9 Å². The molecule has 27 heavy (non-hydrogen) atoms. The SMILES string of the molecule is C/C=C1\[C@H]2C=C(C)C[C@]1(Nc1ccc(OCC)cc1)c1ccc(=O)[nH]c1C2. The minimum Gasteiger partial charge on any atom is -0.494 e. The van der Waals surface area contributed by atoms with Crippen LogP contribution >= 0.6 is 0 Å². The molecule has 0 radical (unpaired) electrons. The molecule has 0 saturated carbocycles. The Morgan fingerprint density at radius 2 is 2.04 bits per heavy atom. The van der Waals surface area contributed by atoms with Crippen molar-refractivity contribution in [1.82, 2.24) is 4.98 Å². The summed E-state index contributed by atoms with van der Waals surface area (Å²) >= 11 is 0. The van der Waals surface area contributed by atoms with Crippen LogP contribution in [0.2, 0.25) is 0 Å². The zero-order chi connectivity index (χ0) is 19.0. The molecule has 2 N–H and O–H groups in total. The van der Waals surface area contributed by atoms with Gasteiger partial charge >= 0.3 is 0 Å². The van der Waals surface area contributed by atoms with Gasteiger partial charge in [0.15, 0.2) is 0 Å². The van der Waals surface area contributed by atoms with Gasteiger partial charge in [0.25, 0.3) is 0 Å². The van der Waals surface area contributed by atoms with E-state index in [4.69, 9.17) is 4.74 Å². The zero-order valence-electron chi connectivity index (χ0n) is 16.1. The lowest BCUT2D eigenvalue weighted by Crippen LogP contribution is -2.47. The summed E-state index contributed by atoms with van der Waals surface area (Å²) in [6, 6.07) is 11.8. The number of H-pyrrole nitrogens is 1. The number of ether oxygens (including phenoxy) is 1. The Balaban J connectivity index is 1.83. The molecule has 0 amide bonds. The van der Waals surface area contributed by atoms with E-state index in [1.54, 1.807) is 6.07 Å². The Bertz CT molecular complexity index is 969. The fourth-order valence-electron chi connectivity index (χ4n) is 4.74. The number of anilines is 1. The number of rotatable bonds is 4. The van der Waals surface area contributed by atoms with Gasteiger partial charge < -0.3 is 15.0 Å². The van der Waals surface area contributed by atoms with Gasteiger partial charge in [-0.3, -0.25) is 4.79 Å². The van der Waals surface area contributed by atoms with E-state index < -0.39 is 0 Å². The molecule has 4 heteroatoms. The van der Waals surface area contributed by atoms with Crippen LogP contribution in [0, 0.1) is 5.92 Å². The number of hydrogen-bond acceptors (Lipinski definition) is 3. The van der Waals surface area contributed by atoms with E-state index in [0.29, 0.717) is 12.5 Å². The Labute approximate surface area is 160 Å². The highest BCUT2D eigenvalue weighted by atomic mass is 16.5. The molecule has 2 aliphatic rings. The summed E-state index contributed by atoms with van der Waals surface area (Å²) in [5, 5.41) is 3.82. The maximum absolute atomic E-state index is 11.9. The highest BCUT2D eigenvalue weighted by Crippen LogP contribution is 2.51. The van der Waals surface area contributed by atoms with Gasteiger partial charge in [-0.2, -0.15) is 0 Å². The van der Waals surface area contributed by atoms with Gasteiger partial charge in [0.05, 0.1) is 12.1 Å². The minimum atomic E-state index is -0.330. The van der Waals surface area contributed by atoms with Gasteiger partial charge in [-0.25, -0.2) is 0 Å². The van der Waals surface area contributed by atoms with Gasteiger partial charge in [-0.05, 0) is 69.5 Å². The monoisotopic (exact) mass is 362 g/mol. The van der Waals surface area contributed by atoms with Crippen molar-refractivity contribution in [3.8, 4) is 5.75 Å². The fraction of sp³-hybridized carbons (Fsp3) is 0.348. The van der Waals surface area contributed by atoms with Crippen LogP contribution < -0.4 is 15.6 Å². The van der Waals surface area contributed by atoms with Crippen molar-refractivity contribution in [3.05, 3.63) is 81.3 Å². The van der Waals surface area contributed by atoms with Gasteiger partial charge in [0.2, 0.25) is 5.56 Å². The van der Waals surface area contributed by atoms with Crippen LogP contribution in [0.1, 0.15) is 38.4 Å². The number of pyridine rings is 1. The molecule has 0 unspecified atom stereocenters. The quantitative estimate of drug-likeness (QED) is 0.785. The van der Waals surface area contributed by atoms with Crippen LogP contribution in [0.25, 0.3) is 0 Å². The molecule has 2 aliphatic carbocycles. The van der Waals surface area contributed by atoms with Crippen molar-refractivity contribution >= 4 is 5.69 Å². The lowest BCUT2D eigenvalue weighted by molar-refractivity contribution is 0.340. The van der Waals surface area contributed by atoms with Crippen LogP contribution in [0.3, 0.4) is 0 Å². The molecule has 4 rings (SSSR count). The Hall–Kier alpha value is -2.75. The normalized spacial score (nSPS) is 24.9. The number of benzene rings is 1. The molecule has 140 valence electrons. The number of allylic oxidation sites excluding steroid dienone is 2. The van der Waals surface area contributed by atoms with Crippen molar-refractivity contribution in [2.45, 2.75) is 39.2 Å². The van der Waals surface area contributed by atoms with Crippen LogP contribution in [-0.2, 0) is 12.0 Å². The van der Waals surface area contributed by atoms with E-state index in [-0.39, 0.29) is 11.1 Å². The predicted octanol–water partition coefficient (Wildman–Crippen LogP) is 4.55. The van der Waals surface area contributed by atoms with Crippen molar-refractivity contribution in [2.24, 2.45) is 5.92 Å². The molecule has 0 saturated heterocycles. The molecule has 1 heterocycles. The summed E-state index contributed by atoms with van der Waals surface area (Å²) in [5.41, 5.74) is 5.65. The third kappa shape index (κ3) is 2.99. The highest BCUT2D eigenvalue weighted by molar-refractivity contribution is 5.59. The van der Waals surface area contributed by atoms with Crippen LogP contribution in [-0.4, -0.2) is 11.6 Å². The Morgan fingerprint density at radius 3 is 2.74 bits per heavy atom. The summed E-state index contributed by atoms with van der Waals surface area (Å²) in [5.74, 6) is 1.18. The van der Waals surface area contributed by atoms with Crippen LogP contribution in [0.15, 0.2) is 64.5 Å². The number of aromatic nitrogens is 1. The van der Waals surface area contributed by atoms with E-state index in [1.165, 1.54) is 16.7 Å². The van der Waals surface area contributed by atoms with Gasteiger partial charge in [-0.15, -0.1) is 0 Å². The third-order valence-electron chi connectivity index (χ3n) is 5.64. The molecule has 0 aliphatic heterocycles. The molecular weight excluding hydrogens is 336 g/mol. The van der Waals surface area contributed by atoms with E-state index in [2.05, 4.69) is 48.4 Å². The molecule has 0 spiro atoms. The number of hydrogen-bond donors (Lipinski definition) is 2. The standard InChI is InChI=1S/C23H26N2O2/c1-4-19-16-12-15(3)14-23(19,20-10-11-22(26)24-21(20)13-16)25-17-6-8-18(9-7-17)27-5-2/h4,6-12,16,25H,5,13-14H2,1-3H3,(H,24,26)/b19-4+/t16-,23+/m0/s1. The first-order valence-corrected chi connectivity index (χ1v) is 9.63. The summed E-state index contributed by atoms with van der Waals surface area (Å²) in [6.07, 6.45) is 6.31. The average Bonchev–Trinajstić information content (AvgIpc) is 2.62. The maximum atomic E-state index is 11.9. The van der Waals surface area contributed by atoms with E-state index in [0.717, 1.165) is 30.0 Å². The number of fused-ring (bicyclic) bond motifs is 4. The van der Waals surface area contributed by atoms with E-state index in [1.807, 2.05) is 25.1 Å². The average molecular weight is 362 g/mol. The van der Waals surface area contributed by atoms with E-state index >= 15 is 0 Å². The van der Waals surface area contributed by atoms with Crippen molar-refractivity contribution in [2.75, 3.05) is 11.9 Å². The van der Waals surface area contributed by atoms with E-state index in [9.17, 15) is 4.79 Å². The molecular formula is C23H26N2O2. The lowest BCUT2D eigenvalue weighted by atomic mass is 9.63. The second-order valence-corrected chi connectivity index (χ2v) is 7.45. The Kier molecular flexibility index (Phi) is 4.42. The summed E-state index contributed by atoms with van der Waals surface area (Å²) in [6.45, 7) is 6.96. The second-order valence-electron chi connectivity index (χ2n) is 7.45.